The zero-order valence-corrected chi connectivity index (χ0v) is 13.7. The molecule has 0 atom stereocenters. The van der Waals surface area contributed by atoms with Crippen LogP contribution in [0.25, 0.3) is 0 Å². The van der Waals surface area contributed by atoms with Crippen LogP contribution in [0.4, 0.5) is 5.82 Å². The fourth-order valence-electron chi connectivity index (χ4n) is 1.92. The van der Waals surface area contributed by atoms with Gasteiger partial charge in [-0.1, -0.05) is 20.8 Å². The third-order valence-corrected chi connectivity index (χ3v) is 4.28. The maximum Gasteiger partial charge on any atom is 0.251 e. The highest BCUT2D eigenvalue weighted by atomic mass is 32.1. The summed E-state index contributed by atoms with van der Waals surface area (Å²) in [5, 5.41) is 4.96. The number of pyridine rings is 1. The maximum absolute atomic E-state index is 12.3. The molecule has 2 aromatic rings. The van der Waals surface area contributed by atoms with Gasteiger partial charge in [0.2, 0.25) is 0 Å². The van der Waals surface area contributed by atoms with E-state index in [4.69, 9.17) is 5.73 Å². The lowest BCUT2D eigenvalue weighted by atomic mass is 9.90. The monoisotopic (exact) mass is 303 g/mol. The number of aromatic nitrogens is 1. The van der Waals surface area contributed by atoms with Crippen molar-refractivity contribution in [2.24, 2.45) is 0 Å². The molecule has 2 heterocycles. The highest BCUT2D eigenvalue weighted by Crippen LogP contribution is 2.22. The van der Waals surface area contributed by atoms with Gasteiger partial charge in [-0.25, -0.2) is 4.98 Å². The van der Waals surface area contributed by atoms with Gasteiger partial charge in [-0.05, 0) is 36.1 Å². The molecule has 0 unspecified atom stereocenters. The number of amides is 1. The zero-order chi connectivity index (χ0) is 15.6. The zero-order valence-electron chi connectivity index (χ0n) is 12.9. The second kappa shape index (κ2) is 5.85. The standard InChI is InChI=1S/C16H21N3OS/c1-10-5-6-21-12(10)9-18-15(20)11-7-13(16(2,3)4)19-14(17)8-11/h5-8H,9H2,1-4H3,(H2,17,19)(H,18,20). The Labute approximate surface area is 129 Å². The predicted molar refractivity (Wildman–Crippen MR) is 87.6 cm³/mol. The van der Waals surface area contributed by atoms with Gasteiger partial charge >= 0.3 is 0 Å². The van der Waals surface area contributed by atoms with Gasteiger partial charge in [0.05, 0.1) is 6.54 Å². The normalized spacial score (nSPS) is 11.4. The van der Waals surface area contributed by atoms with Crippen molar-refractivity contribution in [3.63, 3.8) is 0 Å². The smallest absolute Gasteiger partial charge is 0.251 e. The first-order chi connectivity index (χ1) is 9.77. The number of carbonyl (C=O) groups excluding carboxylic acids is 1. The summed E-state index contributed by atoms with van der Waals surface area (Å²) in [5.74, 6) is 0.252. The number of hydrogen-bond donors (Lipinski definition) is 2. The van der Waals surface area contributed by atoms with Crippen molar-refractivity contribution in [2.45, 2.75) is 39.7 Å². The molecule has 0 aliphatic rings. The lowest BCUT2D eigenvalue weighted by Gasteiger charge is -2.19. The van der Waals surface area contributed by atoms with Crippen LogP contribution < -0.4 is 11.1 Å². The molecular formula is C16H21N3OS. The molecule has 2 rings (SSSR count). The number of carbonyl (C=O) groups is 1. The summed E-state index contributed by atoms with van der Waals surface area (Å²) in [6.07, 6.45) is 0. The quantitative estimate of drug-likeness (QED) is 0.914. The van der Waals surface area contributed by atoms with Crippen LogP contribution in [0, 0.1) is 6.92 Å². The van der Waals surface area contributed by atoms with Crippen molar-refractivity contribution >= 4 is 23.1 Å². The lowest BCUT2D eigenvalue weighted by Crippen LogP contribution is -2.24. The van der Waals surface area contributed by atoms with Crippen molar-refractivity contribution in [3.8, 4) is 0 Å². The van der Waals surface area contributed by atoms with E-state index in [0.29, 0.717) is 17.9 Å². The molecule has 0 fully saturated rings. The van der Waals surface area contributed by atoms with Crippen LogP contribution in [0.1, 0.15) is 47.3 Å². The largest absolute Gasteiger partial charge is 0.384 e. The van der Waals surface area contributed by atoms with Crippen LogP contribution in [-0.2, 0) is 12.0 Å². The average Bonchev–Trinajstić information content (AvgIpc) is 2.79. The Kier molecular flexibility index (Phi) is 4.32. The van der Waals surface area contributed by atoms with E-state index in [-0.39, 0.29) is 11.3 Å². The number of rotatable bonds is 3. The molecule has 0 aromatic carbocycles. The van der Waals surface area contributed by atoms with E-state index in [1.807, 2.05) is 45.2 Å². The fourth-order valence-corrected chi connectivity index (χ4v) is 2.76. The number of anilines is 1. The number of nitrogens with two attached hydrogens (primary N) is 1. The molecule has 112 valence electrons. The van der Waals surface area contributed by atoms with Crippen molar-refractivity contribution in [1.82, 2.24) is 10.3 Å². The third-order valence-electron chi connectivity index (χ3n) is 3.25. The van der Waals surface area contributed by atoms with Crippen LogP contribution in [0.3, 0.4) is 0 Å². The summed E-state index contributed by atoms with van der Waals surface area (Å²) in [6.45, 7) is 8.72. The number of nitrogens with zero attached hydrogens (tertiary/aromatic N) is 1. The van der Waals surface area contributed by atoms with Gasteiger partial charge in [-0.15, -0.1) is 11.3 Å². The first-order valence-corrected chi connectivity index (χ1v) is 7.74. The first kappa shape index (κ1) is 15.5. The third kappa shape index (κ3) is 3.82. The molecule has 0 radical (unpaired) electrons. The second-order valence-electron chi connectivity index (χ2n) is 6.13. The highest BCUT2D eigenvalue weighted by molar-refractivity contribution is 7.10. The van der Waals surface area contributed by atoms with E-state index in [1.165, 1.54) is 10.4 Å². The van der Waals surface area contributed by atoms with E-state index >= 15 is 0 Å². The molecule has 0 saturated carbocycles. The molecule has 5 heteroatoms. The summed E-state index contributed by atoms with van der Waals surface area (Å²) in [4.78, 5) is 17.8. The van der Waals surface area contributed by atoms with Crippen LogP contribution in [0.2, 0.25) is 0 Å². The number of nitrogen functional groups attached to an aromatic ring is 1. The molecule has 0 spiro atoms. The van der Waals surface area contributed by atoms with Crippen LogP contribution in [0.5, 0.6) is 0 Å². The van der Waals surface area contributed by atoms with Gasteiger partial charge in [0.25, 0.3) is 5.91 Å². The van der Waals surface area contributed by atoms with Gasteiger partial charge in [0.15, 0.2) is 0 Å². The maximum atomic E-state index is 12.3. The Balaban J connectivity index is 2.16. The van der Waals surface area contributed by atoms with E-state index < -0.39 is 0 Å². The van der Waals surface area contributed by atoms with Crippen LogP contribution in [-0.4, -0.2) is 10.9 Å². The molecular weight excluding hydrogens is 282 g/mol. The second-order valence-corrected chi connectivity index (χ2v) is 7.13. The van der Waals surface area contributed by atoms with Gasteiger partial charge in [-0.3, -0.25) is 4.79 Å². The lowest BCUT2D eigenvalue weighted by molar-refractivity contribution is 0.0951. The molecule has 1 amide bonds. The summed E-state index contributed by atoms with van der Waals surface area (Å²) in [7, 11) is 0. The Morgan fingerprint density at radius 3 is 2.67 bits per heavy atom. The summed E-state index contributed by atoms with van der Waals surface area (Å²) in [5.41, 5.74) is 8.25. The topological polar surface area (TPSA) is 68.0 Å². The molecule has 2 aromatic heterocycles. The van der Waals surface area contributed by atoms with Gasteiger partial charge in [0, 0.05) is 21.5 Å². The van der Waals surface area contributed by atoms with Crippen LogP contribution in [0.15, 0.2) is 23.6 Å². The summed E-state index contributed by atoms with van der Waals surface area (Å²) in [6, 6.07) is 5.48. The van der Waals surface area contributed by atoms with E-state index in [1.54, 1.807) is 17.4 Å². The Hall–Kier alpha value is -1.88. The van der Waals surface area contributed by atoms with Gasteiger partial charge in [0.1, 0.15) is 5.82 Å². The average molecular weight is 303 g/mol. The van der Waals surface area contributed by atoms with Crippen molar-refractivity contribution in [1.29, 1.82) is 0 Å². The van der Waals surface area contributed by atoms with E-state index in [2.05, 4.69) is 10.3 Å². The number of thiophene rings is 1. The number of hydrogen-bond acceptors (Lipinski definition) is 4. The van der Waals surface area contributed by atoms with Crippen molar-refractivity contribution < 1.29 is 4.79 Å². The Morgan fingerprint density at radius 1 is 1.38 bits per heavy atom. The molecule has 0 saturated heterocycles. The summed E-state index contributed by atoms with van der Waals surface area (Å²) < 4.78 is 0. The van der Waals surface area contributed by atoms with Crippen molar-refractivity contribution in [3.05, 3.63) is 45.3 Å². The number of aryl methyl sites for hydroxylation is 1. The first-order valence-electron chi connectivity index (χ1n) is 6.86. The minimum atomic E-state index is -0.144. The highest BCUT2D eigenvalue weighted by Gasteiger charge is 2.18. The molecule has 3 N–H and O–H groups in total. The molecule has 21 heavy (non-hydrogen) atoms. The minimum Gasteiger partial charge on any atom is -0.384 e. The predicted octanol–water partition coefficient (Wildman–Crippen LogP) is 3.26. The molecule has 0 aliphatic heterocycles. The Bertz CT molecular complexity index is 656. The Morgan fingerprint density at radius 2 is 2.10 bits per heavy atom. The molecule has 0 aliphatic carbocycles. The summed E-state index contributed by atoms with van der Waals surface area (Å²) >= 11 is 1.65. The van der Waals surface area contributed by atoms with Gasteiger partial charge < -0.3 is 11.1 Å². The van der Waals surface area contributed by atoms with E-state index in [9.17, 15) is 4.79 Å². The fraction of sp³-hybridized carbons (Fsp3) is 0.375. The van der Waals surface area contributed by atoms with E-state index in [0.717, 1.165) is 5.69 Å². The minimum absolute atomic E-state index is 0.123. The van der Waals surface area contributed by atoms with Gasteiger partial charge in [-0.2, -0.15) is 0 Å². The van der Waals surface area contributed by atoms with Crippen LogP contribution >= 0.6 is 11.3 Å². The molecule has 0 bridgehead atoms. The SMILES string of the molecule is Cc1ccsc1CNC(=O)c1cc(N)nc(C(C)(C)C)c1. The van der Waals surface area contributed by atoms with Crippen molar-refractivity contribution in [2.75, 3.05) is 5.73 Å². The number of nitrogens with one attached hydrogen (secondary N) is 1. The molecule has 4 nitrogen and oxygen atoms in total.